The zero-order valence-corrected chi connectivity index (χ0v) is 12.6. The number of aromatic nitrogens is 2. The van der Waals surface area contributed by atoms with Crippen LogP contribution in [0.4, 0.5) is 13.2 Å². The smallest absolute Gasteiger partial charge is 0.416 e. The topological polar surface area (TPSA) is 75.0 Å². The fourth-order valence-corrected chi connectivity index (χ4v) is 3.38. The molecule has 0 radical (unpaired) electrons. The summed E-state index contributed by atoms with van der Waals surface area (Å²) in [5, 5.41) is 0. The lowest BCUT2D eigenvalue weighted by atomic mass is 10.1. The summed E-state index contributed by atoms with van der Waals surface area (Å²) in [6, 6.07) is 3.28. The van der Waals surface area contributed by atoms with Gasteiger partial charge in [0.2, 0.25) is 0 Å². The van der Waals surface area contributed by atoms with Gasteiger partial charge in [0, 0.05) is 6.20 Å². The Labute approximate surface area is 131 Å². The number of thioether (sulfide) groups is 1. The van der Waals surface area contributed by atoms with Crippen LogP contribution in [0.25, 0.3) is 0 Å². The Morgan fingerprint density at radius 3 is 2.65 bits per heavy atom. The van der Waals surface area contributed by atoms with Crippen LogP contribution >= 0.6 is 11.8 Å². The van der Waals surface area contributed by atoms with Gasteiger partial charge in [0.15, 0.2) is 0 Å². The van der Waals surface area contributed by atoms with E-state index in [1.165, 1.54) is 24.0 Å². The normalized spacial score (nSPS) is 20.7. The fraction of sp³-hybridized carbons (Fsp3) is 0.286. The molecule has 1 unspecified atom stereocenters. The molecule has 122 valence electrons. The second-order valence-corrected chi connectivity index (χ2v) is 6.81. The van der Waals surface area contributed by atoms with E-state index in [0.717, 1.165) is 12.1 Å². The minimum Gasteiger partial charge on any atom is -0.491 e. The number of hydrogen-bond donors (Lipinski definition) is 2. The van der Waals surface area contributed by atoms with Gasteiger partial charge in [-0.1, -0.05) is 0 Å². The standard InChI is InChI=1S/C14H11F3N2O3S/c1-13(10-5-18-11(20)12(21)19-10)6-22-8-4-7(14(15,16)17)2-3-9(8)23-13/h2-5H,6H2,1H3,(H,18,20)(H,19,21). The first-order chi connectivity index (χ1) is 10.7. The monoisotopic (exact) mass is 344 g/mol. The Hall–Kier alpha value is -2.16. The van der Waals surface area contributed by atoms with Crippen molar-refractivity contribution >= 4 is 11.8 Å². The van der Waals surface area contributed by atoms with Crippen LogP contribution in [0.2, 0.25) is 0 Å². The third kappa shape index (κ3) is 2.88. The van der Waals surface area contributed by atoms with Crippen molar-refractivity contribution in [3.05, 3.63) is 56.4 Å². The maximum absolute atomic E-state index is 12.7. The summed E-state index contributed by atoms with van der Waals surface area (Å²) >= 11 is 1.26. The van der Waals surface area contributed by atoms with Crippen LogP contribution in [-0.2, 0) is 10.9 Å². The molecule has 5 nitrogen and oxygen atoms in total. The maximum Gasteiger partial charge on any atom is 0.416 e. The van der Waals surface area contributed by atoms with Gasteiger partial charge in [0.1, 0.15) is 12.4 Å². The lowest BCUT2D eigenvalue weighted by Gasteiger charge is -2.34. The first-order valence-electron chi connectivity index (χ1n) is 6.55. The molecule has 1 atom stereocenters. The minimum atomic E-state index is -4.44. The van der Waals surface area contributed by atoms with Crippen molar-refractivity contribution in [2.24, 2.45) is 0 Å². The Morgan fingerprint density at radius 2 is 2.00 bits per heavy atom. The molecule has 1 aromatic heterocycles. The highest BCUT2D eigenvalue weighted by molar-refractivity contribution is 8.00. The second kappa shape index (κ2) is 5.19. The minimum absolute atomic E-state index is 0.0496. The molecular formula is C14H11F3N2O3S. The van der Waals surface area contributed by atoms with Crippen molar-refractivity contribution in [3.8, 4) is 5.75 Å². The summed E-state index contributed by atoms with van der Waals surface area (Å²) in [5.74, 6) is 0.147. The summed E-state index contributed by atoms with van der Waals surface area (Å²) in [6.07, 6.45) is -3.07. The number of hydrogen-bond acceptors (Lipinski definition) is 4. The first-order valence-corrected chi connectivity index (χ1v) is 7.36. The molecule has 0 saturated heterocycles. The summed E-state index contributed by atoms with van der Waals surface area (Å²) in [6.45, 7) is 1.82. The number of H-pyrrole nitrogens is 2. The van der Waals surface area contributed by atoms with Crippen LogP contribution in [0.15, 0.2) is 38.9 Å². The number of aromatic amines is 2. The largest absolute Gasteiger partial charge is 0.491 e. The van der Waals surface area contributed by atoms with Crippen LogP contribution in [-0.4, -0.2) is 16.6 Å². The van der Waals surface area contributed by atoms with E-state index in [-0.39, 0.29) is 12.4 Å². The molecule has 9 heteroatoms. The highest BCUT2D eigenvalue weighted by Crippen LogP contribution is 2.49. The third-order valence-corrected chi connectivity index (χ3v) is 4.83. The number of alkyl halides is 3. The van der Waals surface area contributed by atoms with Crippen molar-refractivity contribution in [2.45, 2.75) is 22.7 Å². The first kappa shape index (κ1) is 15.7. The van der Waals surface area contributed by atoms with E-state index in [4.69, 9.17) is 4.74 Å². The van der Waals surface area contributed by atoms with Gasteiger partial charge in [-0.15, -0.1) is 11.8 Å². The Bertz CT molecular complexity index is 875. The molecule has 23 heavy (non-hydrogen) atoms. The van der Waals surface area contributed by atoms with E-state index >= 15 is 0 Å². The van der Waals surface area contributed by atoms with Crippen molar-refractivity contribution in [1.29, 1.82) is 0 Å². The van der Waals surface area contributed by atoms with Gasteiger partial charge in [-0.05, 0) is 25.1 Å². The lowest BCUT2D eigenvalue weighted by Crippen LogP contribution is -2.37. The Balaban J connectivity index is 1.97. The number of ether oxygens (including phenoxy) is 1. The van der Waals surface area contributed by atoms with Gasteiger partial charge in [-0.2, -0.15) is 13.2 Å². The van der Waals surface area contributed by atoms with E-state index in [9.17, 15) is 22.8 Å². The van der Waals surface area contributed by atoms with E-state index in [0.29, 0.717) is 10.6 Å². The number of fused-ring (bicyclic) bond motifs is 1. The average Bonchev–Trinajstić information content (AvgIpc) is 2.48. The molecule has 3 rings (SSSR count). The molecule has 2 aromatic rings. The quantitative estimate of drug-likeness (QED) is 0.780. The van der Waals surface area contributed by atoms with E-state index < -0.39 is 27.6 Å². The van der Waals surface area contributed by atoms with Gasteiger partial charge in [-0.25, -0.2) is 0 Å². The molecule has 0 saturated carbocycles. The van der Waals surface area contributed by atoms with Gasteiger partial charge in [-0.3, -0.25) is 9.59 Å². The Morgan fingerprint density at radius 1 is 1.26 bits per heavy atom. The third-order valence-electron chi connectivity index (χ3n) is 3.48. The molecule has 0 fully saturated rings. The van der Waals surface area contributed by atoms with Gasteiger partial charge >= 0.3 is 17.3 Å². The second-order valence-electron chi connectivity index (χ2n) is 5.27. The number of nitrogens with one attached hydrogen (secondary N) is 2. The molecule has 0 aliphatic carbocycles. The van der Waals surface area contributed by atoms with Crippen LogP contribution in [0.3, 0.4) is 0 Å². The summed E-state index contributed by atoms with van der Waals surface area (Å²) in [5.41, 5.74) is -1.91. The summed E-state index contributed by atoms with van der Waals surface area (Å²) < 4.78 is 42.9. The molecule has 0 spiro atoms. The number of rotatable bonds is 1. The van der Waals surface area contributed by atoms with E-state index in [1.807, 2.05) is 0 Å². The number of benzene rings is 1. The average molecular weight is 344 g/mol. The highest BCUT2D eigenvalue weighted by atomic mass is 32.2. The SMILES string of the molecule is CC1(c2c[nH]c(=O)c(=O)[nH]2)COc2cc(C(F)(F)F)ccc2S1. The zero-order chi connectivity index (χ0) is 16.8. The van der Waals surface area contributed by atoms with Crippen LogP contribution in [0.1, 0.15) is 18.2 Å². The summed E-state index contributed by atoms with van der Waals surface area (Å²) in [7, 11) is 0. The van der Waals surface area contributed by atoms with Crippen LogP contribution in [0, 0.1) is 0 Å². The van der Waals surface area contributed by atoms with Crippen molar-refractivity contribution < 1.29 is 17.9 Å². The van der Waals surface area contributed by atoms with E-state index in [1.54, 1.807) is 6.92 Å². The molecule has 0 bridgehead atoms. The predicted octanol–water partition coefficient (Wildman–Crippen LogP) is 2.48. The molecule has 1 aromatic carbocycles. The molecule has 1 aliphatic rings. The highest BCUT2D eigenvalue weighted by Gasteiger charge is 2.37. The molecule has 1 aliphatic heterocycles. The fourth-order valence-electron chi connectivity index (χ4n) is 2.21. The Kier molecular flexibility index (Phi) is 3.55. The molecule has 0 amide bonds. The van der Waals surface area contributed by atoms with Crippen molar-refractivity contribution in [3.63, 3.8) is 0 Å². The van der Waals surface area contributed by atoms with E-state index in [2.05, 4.69) is 9.97 Å². The van der Waals surface area contributed by atoms with Crippen LogP contribution < -0.4 is 15.9 Å². The zero-order valence-electron chi connectivity index (χ0n) is 11.8. The molecule has 2 N–H and O–H groups in total. The molecule has 2 heterocycles. The maximum atomic E-state index is 12.7. The number of halogens is 3. The molecular weight excluding hydrogens is 333 g/mol. The van der Waals surface area contributed by atoms with Gasteiger partial charge in [0.05, 0.1) is 20.9 Å². The summed E-state index contributed by atoms with van der Waals surface area (Å²) in [4.78, 5) is 27.9. The van der Waals surface area contributed by atoms with Crippen molar-refractivity contribution in [2.75, 3.05) is 6.61 Å². The lowest BCUT2D eigenvalue weighted by molar-refractivity contribution is -0.137. The van der Waals surface area contributed by atoms with Gasteiger partial charge < -0.3 is 14.7 Å². The van der Waals surface area contributed by atoms with Crippen LogP contribution in [0.5, 0.6) is 5.75 Å². The van der Waals surface area contributed by atoms with Gasteiger partial charge in [0.25, 0.3) is 0 Å². The van der Waals surface area contributed by atoms with Crippen molar-refractivity contribution in [1.82, 2.24) is 9.97 Å². The predicted molar refractivity (Wildman–Crippen MR) is 77.8 cm³/mol.